The second-order valence-electron chi connectivity index (χ2n) is 7.13. The first-order valence-corrected chi connectivity index (χ1v) is 9.93. The Morgan fingerprint density at radius 2 is 2.04 bits per heavy atom. The Hall–Kier alpha value is -1.75. The Morgan fingerprint density at radius 3 is 2.69 bits per heavy atom. The van der Waals surface area contributed by atoms with Crippen molar-refractivity contribution < 1.29 is 14.3 Å². The van der Waals surface area contributed by atoms with Gasteiger partial charge in [0, 0.05) is 19.0 Å². The van der Waals surface area contributed by atoms with Crippen LogP contribution in [0, 0.1) is 11.8 Å². The minimum absolute atomic E-state index is 0.0839. The average Bonchev–Trinajstić information content (AvgIpc) is 3.14. The van der Waals surface area contributed by atoms with Crippen LogP contribution >= 0.6 is 0 Å². The summed E-state index contributed by atoms with van der Waals surface area (Å²) in [7, 11) is 1.65. The molecule has 5 nitrogen and oxygen atoms in total. The van der Waals surface area contributed by atoms with Crippen LogP contribution in [0.5, 0.6) is 11.5 Å². The van der Waals surface area contributed by atoms with E-state index in [4.69, 9.17) is 15.2 Å². The van der Waals surface area contributed by atoms with Crippen molar-refractivity contribution in [3.8, 4) is 11.5 Å². The van der Waals surface area contributed by atoms with Crippen LogP contribution in [0.25, 0.3) is 0 Å². The van der Waals surface area contributed by atoms with Gasteiger partial charge in [-0.05, 0) is 55.8 Å². The SMILES string of the molecule is CCCOc1ccc(CN(CCC)C(=O)[C@@H]2CCC[C@@H]2CN)cc1OC. The molecule has 1 saturated carbocycles. The van der Waals surface area contributed by atoms with Gasteiger partial charge in [0.25, 0.3) is 0 Å². The van der Waals surface area contributed by atoms with Crippen molar-refractivity contribution in [2.24, 2.45) is 17.6 Å². The fourth-order valence-corrected chi connectivity index (χ4v) is 3.78. The van der Waals surface area contributed by atoms with Crippen LogP contribution in [0.2, 0.25) is 0 Å². The van der Waals surface area contributed by atoms with Crippen LogP contribution < -0.4 is 15.2 Å². The molecule has 1 fully saturated rings. The molecule has 0 radical (unpaired) electrons. The molecule has 0 spiro atoms. The normalized spacial score (nSPS) is 19.4. The first-order chi connectivity index (χ1) is 12.6. The van der Waals surface area contributed by atoms with E-state index >= 15 is 0 Å². The smallest absolute Gasteiger partial charge is 0.226 e. The third kappa shape index (κ3) is 5.13. The number of nitrogens with zero attached hydrogens (tertiary/aromatic N) is 1. The average molecular weight is 363 g/mol. The maximum absolute atomic E-state index is 13.1. The molecule has 1 aromatic carbocycles. The quantitative estimate of drug-likeness (QED) is 0.691. The summed E-state index contributed by atoms with van der Waals surface area (Å²) in [4.78, 5) is 15.1. The fourth-order valence-electron chi connectivity index (χ4n) is 3.78. The molecule has 1 aliphatic carbocycles. The molecule has 0 saturated heterocycles. The van der Waals surface area contributed by atoms with Gasteiger partial charge in [-0.2, -0.15) is 0 Å². The Labute approximate surface area is 157 Å². The molecule has 5 heteroatoms. The van der Waals surface area contributed by atoms with Gasteiger partial charge in [0.1, 0.15) is 0 Å². The fraction of sp³-hybridized carbons (Fsp3) is 0.667. The Bertz CT molecular complexity index is 576. The number of ether oxygens (including phenoxy) is 2. The Morgan fingerprint density at radius 1 is 1.23 bits per heavy atom. The van der Waals surface area contributed by atoms with E-state index in [-0.39, 0.29) is 11.8 Å². The molecule has 0 heterocycles. The topological polar surface area (TPSA) is 64.8 Å². The van der Waals surface area contributed by atoms with Crippen LogP contribution in [0.15, 0.2) is 18.2 Å². The van der Waals surface area contributed by atoms with Crippen LogP contribution in [0.4, 0.5) is 0 Å². The highest BCUT2D eigenvalue weighted by molar-refractivity contribution is 5.79. The third-order valence-corrected chi connectivity index (χ3v) is 5.15. The maximum Gasteiger partial charge on any atom is 0.226 e. The van der Waals surface area contributed by atoms with Crippen LogP contribution in [0.1, 0.15) is 51.5 Å². The maximum atomic E-state index is 13.1. The minimum atomic E-state index is 0.0839. The van der Waals surface area contributed by atoms with Gasteiger partial charge in [0.2, 0.25) is 5.91 Å². The molecule has 146 valence electrons. The van der Waals surface area contributed by atoms with E-state index in [2.05, 4.69) is 13.8 Å². The van der Waals surface area contributed by atoms with Gasteiger partial charge >= 0.3 is 0 Å². The van der Waals surface area contributed by atoms with Gasteiger partial charge in [-0.15, -0.1) is 0 Å². The molecule has 1 aromatic rings. The molecule has 0 aromatic heterocycles. The summed E-state index contributed by atoms with van der Waals surface area (Å²) in [6.45, 7) is 6.82. The number of benzene rings is 1. The van der Waals surface area contributed by atoms with Gasteiger partial charge in [0.15, 0.2) is 11.5 Å². The molecular formula is C21H34N2O3. The number of rotatable bonds is 10. The van der Waals surface area contributed by atoms with Crippen molar-refractivity contribution in [3.05, 3.63) is 23.8 Å². The summed E-state index contributed by atoms with van der Waals surface area (Å²) < 4.78 is 11.2. The molecule has 2 rings (SSSR count). The third-order valence-electron chi connectivity index (χ3n) is 5.15. The van der Waals surface area contributed by atoms with Gasteiger partial charge in [-0.3, -0.25) is 4.79 Å². The van der Waals surface area contributed by atoms with E-state index in [0.717, 1.165) is 55.7 Å². The van der Waals surface area contributed by atoms with Crippen molar-refractivity contribution in [1.82, 2.24) is 4.90 Å². The number of carbonyl (C=O) groups excluding carboxylic acids is 1. The van der Waals surface area contributed by atoms with Gasteiger partial charge < -0.3 is 20.1 Å². The lowest BCUT2D eigenvalue weighted by atomic mass is 9.94. The minimum Gasteiger partial charge on any atom is -0.493 e. The molecule has 0 aliphatic heterocycles. The summed E-state index contributed by atoms with van der Waals surface area (Å²) in [5, 5.41) is 0. The summed E-state index contributed by atoms with van der Waals surface area (Å²) >= 11 is 0. The number of amides is 1. The standard InChI is InChI=1S/C21H34N2O3/c1-4-11-23(21(24)18-8-6-7-17(18)14-22)15-16-9-10-19(26-12-5-2)20(13-16)25-3/h9-10,13,17-18H,4-8,11-12,14-15,22H2,1-3H3/t17-,18-/m1/s1. The van der Waals surface area contributed by atoms with Gasteiger partial charge in [-0.1, -0.05) is 26.3 Å². The monoisotopic (exact) mass is 362 g/mol. The predicted octanol–water partition coefficient (Wildman–Crippen LogP) is 3.60. The second kappa shape index (κ2) is 10.4. The van der Waals surface area contributed by atoms with Gasteiger partial charge in [-0.25, -0.2) is 0 Å². The summed E-state index contributed by atoms with van der Waals surface area (Å²) in [6, 6.07) is 5.95. The van der Waals surface area contributed by atoms with E-state index < -0.39 is 0 Å². The van der Waals surface area contributed by atoms with Crippen LogP contribution in [0.3, 0.4) is 0 Å². The lowest BCUT2D eigenvalue weighted by Gasteiger charge is -2.28. The second-order valence-corrected chi connectivity index (χ2v) is 7.13. The van der Waals surface area contributed by atoms with E-state index in [1.54, 1.807) is 7.11 Å². The highest BCUT2D eigenvalue weighted by Crippen LogP contribution is 2.33. The lowest BCUT2D eigenvalue weighted by Crippen LogP contribution is -2.39. The number of methoxy groups -OCH3 is 1. The zero-order valence-corrected chi connectivity index (χ0v) is 16.5. The number of hydrogen-bond donors (Lipinski definition) is 1. The molecule has 1 amide bonds. The molecule has 0 bridgehead atoms. The van der Waals surface area contributed by atoms with Gasteiger partial charge in [0.05, 0.1) is 13.7 Å². The predicted molar refractivity (Wildman–Crippen MR) is 104 cm³/mol. The first-order valence-electron chi connectivity index (χ1n) is 9.93. The first kappa shape index (κ1) is 20.6. The number of nitrogens with two attached hydrogens (primary N) is 1. The zero-order valence-electron chi connectivity index (χ0n) is 16.5. The number of carbonyl (C=O) groups is 1. The summed E-state index contributed by atoms with van der Waals surface area (Å²) in [6.07, 6.45) is 5.04. The van der Waals surface area contributed by atoms with Crippen LogP contribution in [-0.2, 0) is 11.3 Å². The molecule has 1 aliphatic rings. The van der Waals surface area contributed by atoms with Crippen molar-refractivity contribution >= 4 is 5.91 Å². The largest absolute Gasteiger partial charge is 0.493 e. The molecule has 2 atom stereocenters. The highest BCUT2D eigenvalue weighted by Gasteiger charge is 2.34. The van der Waals surface area contributed by atoms with E-state index in [1.807, 2.05) is 23.1 Å². The lowest BCUT2D eigenvalue weighted by molar-refractivity contribution is -0.137. The van der Waals surface area contributed by atoms with Crippen molar-refractivity contribution in [2.75, 3.05) is 26.8 Å². The molecular weight excluding hydrogens is 328 g/mol. The Balaban J connectivity index is 2.12. The molecule has 0 unspecified atom stereocenters. The van der Waals surface area contributed by atoms with Crippen LogP contribution in [-0.4, -0.2) is 37.6 Å². The van der Waals surface area contributed by atoms with Crippen molar-refractivity contribution in [2.45, 2.75) is 52.5 Å². The molecule has 2 N–H and O–H groups in total. The molecule has 26 heavy (non-hydrogen) atoms. The van der Waals surface area contributed by atoms with E-state index in [9.17, 15) is 4.79 Å². The summed E-state index contributed by atoms with van der Waals surface area (Å²) in [5.41, 5.74) is 6.95. The summed E-state index contributed by atoms with van der Waals surface area (Å²) in [5.74, 6) is 2.15. The van der Waals surface area contributed by atoms with E-state index in [1.165, 1.54) is 0 Å². The zero-order chi connectivity index (χ0) is 18.9. The van der Waals surface area contributed by atoms with Crippen molar-refractivity contribution in [1.29, 1.82) is 0 Å². The van der Waals surface area contributed by atoms with E-state index in [0.29, 0.717) is 25.6 Å². The number of hydrogen-bond acceptors (Lipinski definition) is 4. The highest BCUT2D eigenvalue weighted by atomic mass is 16.5. The van der Waals surface area contributed by atoms with Crippen molar-refractivity contribution in [3.63, 3.8) is 0 Å². The Kier molecular flexibility index (Phi) is 8.23.